The van der Waals surface area contributed by atoms with Gasteiger partial charge in [0.05, 0.1) is 0 Å². The smallest absolute Gasteiger partial charge is 0.227 e. The molecule has 1 aromatic rings. The maximum atomic E-state index is 12.1. The van der Waals surface area contributed by atoms with Gasteiger partial charge in [0.15, 0.2) is 0 Å². The number of anilines is 1. The molecule has 6 heteroatoms. The Morgan fingerprint density at radius 2 is 2.12 bits per heavy atom. The third-order valence-corrected chi connectivity index (χ3v) is 4.82. The second-order valence-electron chi connectivity index (χ2n) is 6.60. The SMILES string of the molecule is Cl.O=C(CCC1Cc2ccccc2NC1=O)NCC1CCCNC1. The van der Waals surface area contributed by atoms with Crippen molar-refractivity contribution in [2.75, 3.05) is 25.0 Å². The Bertz CT molecular complexity index is 573. The van der Waals surface area contributed by atoms with Crippen LogP contribution in [0.5, 0.6) is 0 Å². The minimum atomic E-state index is -0.105. The maximum absolute atomic E-state index is 12.1. The topological polar surface area (TPSA) is 70.2 Å². The minimum Gasteiger partial charge on any atom is -0.356 e. The summed E-state index contributed by atoms with van der Waals surface area (Å²) in [5.41, 5.74) is 2.06. The Balaban J connectivity index is 0.00000208. The van der Waals surface area contributed by atoms with Gasteiger partial charge < -0.3 is 16.0 Å². The highest BCUT2D eigenvalue weighted by atomic mass is 35.5. The third-order valence-electron chi connectivity index (χ3n) is 4.82. The van der Waals surface area contributed by atoms with Crippen molar-refractivity contribution in [2.24, 2.45) is 11.8 Å². The van der Waals surface area contributed by atoms with E-state index in [1.165, 1.54) is 12.8 Å². The van der Waals surface area contributed by atoms with Crippen LogP contribution in [0.2, 0.25) is 0 Å². The van der Waals surface area contributed by atoms with E-state index < -0.39 is 0 Å². The molecule has 1 fully saturated rings. The fraction of sp³-hybridized carbons (Fsp3) is 0.556. The molecule has 0 aliphatic carbocycles. The first kappa shape index (κ1) is 18.7. The highest BCUT2D eigenvalue weighted by Gasteiger charge is 2.26. The van der Waals surface area contributed by atoms with E-state index >= 15 is 0 Å². The van der Waals surface area contributed by atoms with Crippen molar-refractivity contribution >= 4 is 29.9 Å². The average Bonchev–Trinajstić information content (AvgIpc) is 2.59. The first-order chi connectivity index (χ1) is 11.2. The Kier molecular flexibility index (Phi) is 7.06. The van der Waals surface area contributed by atoms with Gasteiger partial charge in [0.1, 0.15) is 0 Å². The molecule has 0 saturated carbocycles. The number of rotatable bonds is 5. The van der Waals surface area contributed by atoms with Crippen LogP contribution in [0.4, 0.5) is 5.69 Å². The lowest BCUT2D eigenvalue weighted by atomic mass is 9.89. The summed E-state index contributed by atoms with van der Waals surface area (Å²) in [4.78, 5) is 24.1. The van der Waals surface area contributed by atoms with Crippen molar-refractivity contribution in [3.8, 4) is 0 Å². The lowest BCUT2D eigenvalue weighted by Gasteiger charge is -2.25. The standard InChI is InChI=1S/C18H25N3O2.ClH/c22-17(20-12-13-4-3-9-19-11-13)8-7-15-10-14-5-1-2-6-16(14)21-18(15)23;/h1-2,5-6,13,15,19H,3-4,7-12H2,(H,20,22)(H,21,23);1H. The van der Waals surface area contributed by atoms with Crippen LogP contribution in [0.1, 0.15) is 31.2 Å². The number of fused-ring (bicyclic) bond motifs is 1. The highest BCUT2D eigenvalue weighted by Crippen LogP contribution is 2.27. The summed E-state index contributed by atoms with van der Waals surface area (Å²) in [5, 5.41) is 9.31. The van der Waals surface area contributed by atoms with Crippen LogP contribution in [-0.4, -0.2) is 31.4 Å². The summed E-state index contributed by atoms with van der Waals surface area (Å²) in [6.07, 6.45) is 4.11. The minimum absolute atomic E-state index is 0. The number of halogens is 1. The van der Waals surface area contributed by atoms with E-state index in [-0.39, 0.29) is 30.1 Å². The maximum Gasteiger partial charge on any atom is 0.227 e. The lowest BCUT2D eigenvalue weighted by Crippen LogP contribution is -2.38. The van der Waals surface area contributed by atoms with Crippen LogP contribution in [-0.2, 0) is 16.0 Å². The van der Waals surface area contributed by atoms with Gasteiger partial charge >= 0.3 is 0 Å². The van der Waals surface area contributed by atoms with Gasteiger partial charge in [-0.15, -0.1) is 12.4 Å². The molecule has 0 radical (unpaired) electrons. The number of carbonyl (C=O) groups excluding carboxylic acids is 2. The molecule has 2 aliphatic rings. The number of benzene rings is 1. The second-order valence-corrected chi connectivity index (χ2v) is 6.60. The van der Waals surface area contributed by atoms with Crippen LogP contribution >= 0.6 is 12.4 Å². The van der Waals surface area contributed by atoms with Crippen LogP contribution in [0.15, 0.2) is 24.3 Å². The highest BCUT2D eigenvalue weighted by molar-refractivity contribution is 5.96. The Morgan fingerprint density at radius 3 is 2.92 bits per heavy atom. The summed E-state index contributed by atoms with van der Waals surface area (Å²) in [5.74, 6) is 0.528. The summed E-state index contributed by atoms with van der Waals surface area (Å²) in [7, 11) is 0. The van der Waals surface area contributed by atoms with Crippen molar-refractivity contribution < 1.29 is 9.59 Å². The van der Waals surface area contributed by atoms with E-state index in [1.807, 2.05) is 24.3 Å². The van der Waals surface area contributed by atoms with E-state index in [1.54, 1.807) is 0 Å². The molecular formula is C18H26ClN3O2. The molecule has 2 amide bonds. The molecule has 1 aromatic carbocycles. The monoisotopic (exact) mass is 351 g/mol. The Hall–Kier alpha value is -1.59. The number of carbonyl (C=O) groups is 2. The van der Waals surface area contributed by atoms with Crippen molar-refractivity contribution in [1.29, 1.82) is 0 Å². The predicted octanol–water partition coefficient (Wildman–Crippen LogP) is 2.12. The molecule has 24 heavy (non-hydrogen) atoms. The van der Waals surface area contributed by atoms with E-state index in [0.29, 0.717) is 18.8 Å². The molecule has 3 N–H and O–H groups in total. The normalized spacial score (nSPS) is 22.8. The van der Waals surface area contributed by atoms with Gasteiger partial charge in [0.2, 0.25) is 11.8 Å². The average molecular weight is 352 g/mol. The fourth-order valence-corrected chi connectivity index (χ4v) is 3.40. The zero-order chi connectivity index (χ0) is 16.1. The van der Waals surface area contributed by atoms with Gasteiger partial charge in [-0.3, -0.25) is 9.59 Å². The summed E-state index contributed by atoms with van der Waals surface area (Å²) in [6, 6.07) is 7.87. The molecular weight excluding hydrogens is 326 g/mol. The van der Waals surface area contributed by atoms with Crippen LogP contribution in [0.3, 0.4) is 0 Å². The zero-order valence-corrected chi connectivity index (χ0v) is 14.7. The molecule has 1 saturated heterocycles. The molecule has 2 aliphatic heterocycles. The predicted molar refractivity (Wildman–Crippen MR) is 97.4 cm³/mol. The molecule has 2 unspecified atom stereocenters. The zero-order valence-electron chi connectivity index (χ0n) is 13.8. The van der Waals surface area contributed by atoms with E-state index in [0.717, 1.165) is 37.3 Å². The van der Waals surface area contributed by atoms with Gasteiger partial charge in [-0.2, -0.15) is 0 Å². The van der Waals surface area contributed by atoms with Gasteiger partial charge in [0, 0.05) is 24.6 Å². The molecule has 0 spiro atoms. The van der Waals surface area contributed by atoms with Gasteiger partial charge in [0.25, 0.3) is 0 Å². The molecule has 0 bridgehead atoms. The fourth-order valence-electron chi connectivity index (χ4n) is 3.40. The summed E-state index contributed by atoms with van der Waals surface area (Å²) >= 11 is 0. The quantitative estimate of drug-likeness (QED) is 0.761. The number of nitrogens with one attached hydrogen (secondary N) is 3. The second kappa shape index (κ2) is 9.04. The van der Waals surface area contributed by atoms with Crippen molar-refractivity contribution in [2.45, 2.75) is 32.1 Å². The number of amides is 2. The molecule has 2 atom stereocenters. The number of piperidine rings is 1. The number of hydrogen-bond acceptors (Lipinski definition) is 3. The molecule has 2 heterocycles. The number of para-hydroxylation sites is 1. The van der Waals surface area contributed by atoms with Crippen molar-refractivity contribution in [1.82, 2.24) is 10.6 Å². The Morgan fingerprint density at radius 1 is 1.29 bits per heavy atom. The van der Waals surface area contributed by atoms with Crippen LogP contribution < -0.4 is 16.0 Å². The lowest BCUT2D eigenvalue weighted by molar-refractivity contribution is -0.123. The molecule has 5 nitrogen and oxygen atoms in total. The van der Waals surface area contributed by atoms with E-state index in [4.69, 9.17) is 0 Å². The van der Waals surface area contributed by atoms with Crippen molar-refractivity contribution in [3.05, 3.63) is 29.8 Å². The first-order valence-corrected chi connectivity index (χ1v) is 8.58. The van der Waals surface area contributed by atoms with Crippen LogP contribution in [0, 0.1) is 11.8 Å². The van der Waals surface area contributed by atoms with Crippen LogP contribution in [0.25, 0.3) is 0 Å². The molecule has 0 aromatic heterocycles. The van der Waals surface area contributed by atoms with Gasteiger partial charge in [-0.05, 0) is 56.3 Å². The Labute approximate surface area is 149 Å². The molecule has 3 rings (SSSR count). The van der Waals surface area contributed by atoms with Gasteiger partial charge in [-0.1, -0.05) is 18.2 Å². The van der Waals surface area contributed by atoms with Gasteiger partial charge in [-0.25, -0.2) is 0 Å². The summed E-state index contributed by atoms with van der Waals surface area (Å²) in [6.45, 7) is 2.82. The van der Waals surface area contributed by atoms with E-state index in [9.17, 15) is 9.59 Å². The molecule has 132 valence electrons. The third kappa shape index (κ3) is 4.95. The largest absolute Gasteiger partial charge is 0.356 e. The van der Waals surface area contributed by atoms with Crippen molar-refractivity contribution in [3.63, 3.8) is 0 Å². The number of hydrogen-bond donors (Lipinski definition) is 3. The van der Waals surface area contributed by atoms with E-state index in [2.05, 4.69) is 16.0 Å². The first-order valence-electron chi connectivity index (χ1n) is 8.58. The summed E-state index contributed by atoms with van der Waals surface area (Å²) < 4.78 is 0.